The molecule has 4 aromatic rings. The molecule has 0 bridgehead atoms. The number of pyridine rings is 2. The van der Waals surface area contributed by atoms with E-state index >= 15 is 0 Å². The zero-order valence-electron chi connectivity index (χ0n) is 23.7. The van der Waals surface area contributed by atoms with E-state index in [4.69, 9.17) is 14.2 Å². The van der Waals surface area contributed by atoms with Gasteiger partial charge in [0.05, 0.1) is 17.7 Å². The third-order valence-corrected chi connectivity index (χ3v) is 8.00. The van der Waals surface area contributed by atoms with Crippen molar-refractivity contribution >= 4 is 27.9 Å². The second-order valence-corrected chi connectivity index (χ2v) is 12.2. The monoisotopic (exact) mass is 542 g/mol. The Bertz CT molecular complexity index is 1490. The third kappa shape index (κ3) is 5.77. The average Bonchev–Trinajstić information content (AvgIpc) is 3.19. The van der Waals surface area contributed by atoms with E-state index in [0.29, 0.717) is 5.88 Å². The number of amides is 1. The molecular weight excluding hydrogens is 504 g/mol. The van der Waals surface area contributed by atoms with Gasteiger partial charge in [-0.15, -0.1) is 0 Å². The molecule has 0 unspecified atom stereocenters. The number of nitrogens with one attached hydrogen (secondary N) is 1. The van der Waals surface area contributed by atoms with Crippen molar-refractivity contribution < 1.29 is 19.0 Å². The van der Waals surface area contributed by atoms with Gasteiger partial charge in [0, 0.05) is 72.4 Å². The van der Waals surface area contributed by atoms with Crippen LogP contribution in [0.1, 0.15) is 59.3 Å². The summed E-state index contributed by atoms with van der Waals surface area (Å²) in [5.41, 5.74) is 4.06. The highest BCUT2D eigenvalue weighted by atomic mass is 16.6. The Kier molecular flexibility index (Phi) is 7.13. The van der Waals surface area contributed by atoms with Crippen molar-refractivity contribution in [3.8, 4) is 17.0 Å². The molecule has 2 saturated carbocycles. The molecule has 40 heavy (non-hydrogen) atoms. The van der Waals surface area contributed by atoms with Crippen molar-refractivity contribution in [3.63, 3.8) is 0 Å². The number of carbonyl (C=O) groups excluding carboxylic acids is 1. The van der Waals surface area contributed by atoms with Crippen LogP contribution in [0.25, 0.3) is 32.9 Å². The average molecular weight is 543 g/mol. The summed E-state index contributed by atoms with van der Waals surface area (Å²) in [6.45, 7) is 5.64. The van der Waals surface area contributed by atoms with E-state index in [1.807, 2.05) is 45.4 Å². The molecule has 0 atom stereocenters. The van der Waals surface area contributed by atoms with Gasteiger partial charge in [-0.05, 0) is 70.2 Å². The minimum absolute atomic E-state index is 0.134. The van der Waals surface area contributed by atoms with Crippen LogP contribution < -0.4 is 10.1 Å². The van der Waals surface area contributed by atoms with E-state index in [9.17, 15) is 4.79 Å². The van der Waals surface area contributed by atoms with Crippen molar-refractivity contribution in [2.45, 2.75) is 89.3 Å². The molecule has 0 spiro atoms. The van der Waals surface area contributed by atoms with Crippen LogP contribution in [0.4, 0.5) is 4.79 Å². The Morgan fingerprint density at radius 2 is 1.68 bits per heavy atom. The number of rotatable bonds is 6. The normalized spacial score (nSPS) is 23.1. The first-order valence-electron chi connectivity index (χ1n) is 14.3. The first-order chi connectivity index (χ1) is 19.2. The molecule has 0 saturated heterocycles. The topological polar surface area (TPSA) is 87.5 Å². The molecule has 2 fully saturated rings. The number of fused-ring (bicyclic) bond motifs is 3. The molecule has 2 aliphatic rings. The van der Waals surface area contributed by atoms with Gasteiger partial charge >= 0.3 is 6.09 Å². The lowest BCUT2D eigenvalue weighted by Crippen LogP contribution is -2.45. The molecule has 1 amide bonds. The molecule has 3 aromatic heterocycles. The van der Waals surface area contributed by atoms with E-state index in [-0.39, 0.29) is 30.4 Å². The predicted molar refractivity (Wildman–Crippen MR) is 155 cm³/mol. The molecule has 6 rings (SSSR count). The maximum atomic E-state index is 12.0. The van der Waals surface area contributed by atoms with Crippen LogP contribution >= 0.6 is 0 Å². The van der Waals surface area contributed by atoms with Gasteiger partial charge in [-0.2, -0.15) is 0 Å². The molecule has 1 aromatic carbocycles. The highest BCUT2D eigenvalue weighted by molar-refractivity contribution is 6.08. The molecular formula is C32H38N4O4. The van der Waals surface area contributed by atoms with Crippen LogP contribution in [0.2, 0.25) is 0 Å². The first kappa shape index (κ1) is 26.6. The van der Waals surface area contributed by atoms with Gasteiger partial charge in [0.2, 0.25) is 5.88 Å². The number of aromatic nitrogens is 3. The minimum Gasteiger partial charge on any atom is -0.474 e. The van der Waals surface area contributed by atoms with Crippen LogP contribution in [0.15, 0.2) is 55.0 Å². The zero-order valence-corrected chi connectivity index (χ0v) is 23.7. The first-order valence-corrected chi connectivity index (χ1v) is 14.3. The minimum atomic E-state index is -0.476. The Labute approximate surface area is 235 Å². The number of alkyl carbamates (subject to hydrolysis) is 1. The van der Waals surface area contributed by atoms with Gasteiger partial charge < -0.3 is 24.1 Å². The van der Waals surface area contributed by atoms with E-state index in [2.05, 4.69) is 57.2 Å². The Morgan fingerprint density at radius 1 is 0.900 bits per heavy atom. The maximum absolute atomic E-state index is 12.0. The van der Waals surface area contributed by atoms with E-state index in [1.54, 1.807) is 0 Å². The number of carbonyl (C=O) groups is 1. The van der Waals surface area contributed by atoms with E-state index < -0.39 is 5.60 Å². The third-order valence-electron chi connectivity index (χ3n) is 8.00. The molecule has 8 heteroatoms. The largest absolute Gasteiger partial charge is 0.474 e. The number of hydrogen-bond acceptors (Lipinski definition) is 6. The molecule has 0 aliphatic heterocycles. The number of nitrogens with zero attached hydrogens (tertiary/aromatic N) is 3. The molecule has 2 aliphatic carbocycles. The van der Waals surface area contributed by atoms with Gasteiger partial charge in [0.1, 0.15) is 11.7 Å². The molecule has 0 radical (unpaired) electrons. The van der Waals surface area contributed by atoms with Crippen molar-refractivity contribution in [1.29, 1.82) is 0 Å². The second-order valence-electron chi connectivity index (χ2n) is 12.2. The lowest BCUT2D eigenvalue weighted by atomic mass is 9.89. The van der Waals surface area contributed by atoms with Crippen LogP contribution in [-0.2, 0) is 16.5 Å². The van der Waals surface area contributed by atoms with Crippen molar-refractivity contribution in [1.82, 2.24) is 19.9 Å². The van der Waals surface area contributed by atoms with Crippen LogP contribution in [0.3, 0.4) is 0 Å². The lowest BCUT2D eigenvalue weighted by Gasteiger charge is -2.39. The predicted octanol–water partition coefficient (Wildman–Crippen LogP) is 6.55. The number of ether oxygens (including phenoxy) is 3. The molecule has 1 N–H and O–H groups in total. The number of aryl methyl sites for hydroxylation is 1. The summed E-state index contributed by atoms with van der Waals surface area (Å²) in [5.74, 6) is 0.651. The van der Waals surface area contributed by atoms with Gasteiger partial charge in [-0.25, -0.2) is 9.78 Å². The van der Waals surface area contributed by atoms with Crippen molar-refractivity contribution in [2.24, 2.45) is 7.05 Å². The van der Waals surface area contributed by atoms with Gasteiger partial charge in [-0.3, -0.25) is 4.98 Å². The summed E-state index contributed by atoms with van der Waals surface area (Å²) >= 11 is 0. The fourth-order valence-corrected chi connectivity index (χ4v) is 5.84. The van der Waals surface area contributed by atoms with Crippen molar-refractivity contribution in [2.75, 3.05) is 0 Å². The quantitative estimate of drug-likeness (QED) is 0.297. The fraction of sp³-hybridized carbons (Fsp3) is 0.469. The lowest BCUT2D eigenvalue weighted by molar-refractivity contribution is -0.107. The highest BCUT2D eigenvalue weighted by Crippen LogP contribution is 2.34. The summed E-state index contributed by atoms with van der Waals surface area (Å²) in [5, 5.41) is 5.36. The number of hydrogen-bond donors (Lipinski definition) is 1. The summed E-state index contributed by atoms with van der Waals surface area (Å²) in [6, 6.07) is 12.8. The molecule has 3 heterocycles. The SMILES string of the molecule is Cn1c2ccncc2c2ccc(-c3ccc(O[C@H]4C[C@H](O[C@H]5CC[C@H](NC(=O)OC(C)(C)C)CC5)C4)nc3)cc21. The maximum Gasteiger partial charge on any atom is 0.407 e. The van der Waals surface area contributed by atoms with E-state index in [1.165, 1.54) is 21.8 Å². The molecule has 210 valence electrons. The standard InChI is InChI=1S/C32H38N4O4/c1-32(2,3)40-31(37)35-22-7-9-23(10-8-22)38-24-16-25(17-24)39-30-12-6-21(18-34-30)20-5-11-26-27-19-33-14-13-28(27)36(4)29(26)15-20/h5-6,11-15,18-19,22-25H,7-10,16-17H2,1-4H3,(H,35,37)/t22-,23-,24-,25-. The van der Waals surface area contributed by atoms with E-state index in [0.717, 1.165) is 49.7 Å². The fourth-order valence-electron chi connectivity index (χ4n) is 5.84. The van der Waals surface area contributed by atoms with Gasteiger partial charge in [0.15, 0.2) is 0 Å². The highest BCUT2D eigenvalue weighted by Gasteiger charge is 2.35. The summed E-state index contributed by atoms with van der Waals surface area (Å²) in [6.07, 6.45) is 11.4. The Balaban J connectivity index is 0.967. The molecule has 8 nitrogen and oxygen atoms in total. The van der Waals surface area contributed by atoms with Crippen LogP contribution in [0.5, 0.6) is 5.88 Å². The van der Waals surface area contributed by atoms with Crippen molar-refractivity contribution in [3.05, 3.63) is 55.0 Å². The summed E-state index contributed by atoms with van der Waals surface area (Å²) < 4.78 is 20.0. The Hall–Kier alpha value is -3.65. The smallest absolute Gasteiger partial charge is 0.407 e. The van der Waals surface area contributed by atoms with Crippen LogP contribution in [0, 0.1) is 0 Å². The van der Waals surface area contributed by atoms with Crippen LogP contribution in [-0.4, -0.2) is 50.6 Å². The second kappa shape index (κ2) is 10.7. The summed E-state index contributed by atoms with van der Waals surface area (Å²) in [7, 11) is 2.09. The summed E-state index contributed by atoms with van der Waals surface area (Å²) in [4.78, 5) is 20.9. The van der Waals surface area contributed by atoms with Gasteiger partial charge in [0.25, 0.3) is 0 Å². The Morgan fingerprint density at radius 3 is 2.40 bits per heavy atom. The van der Waals surface area contributed by atoms with Gasteiger partial charge in [-0.1, -0.05) is 12.1 Å². The number of benzene rings is 1. The zero-order chi connectivity index (χ0) is 27.9.